The molecule has 0 spiro atoms. The van der Waals surface area contributed by atoms with Crippen LogP contribution in [0.2, 0.25) is 0 Å². The summed E-state index contributed by atoms with van der Waals surface area (Å²) in [5, 5.41) is 19.0. The molecule has 1 aliphatic carbocycles. The molecule has 1 aromatic rings. The number of fused-ring (bicyclic) bond motifs is 1. The maximum atomic E-state index is 9.88. The Bertz CT molecular complexity index is 333. The van der Waals surface area contributed by atoms with Crippen LogP contribution in [0.3, 0.4) is 0 Å². The van der Waals surface area contributed by atoms with Crippen molar-refractivity contribution in [1.82, 2.24) is 0 Å². The summed E-state index contributed by atoms with van der Waals surface area (Å²) in [4.78, 5) is 0. The zero-order valence-corrected chi connectivity index (χ0v) is 8.40. The first-order chi connectivity index (χ1) is 6.72. The van der Waals surface area contributed by atoms with Crippen LogP contribution in [-0.2, 0) is 6.42 Å². The van der Waals surface area contributed by atoms with Crippen LogP contribution in [0.5, 0.6) is 0 Å². The predicted octanol–water partition coefficient (Wildman–Crippen LogP) is 1.58. The number of aliphatic hydroxyl groups is 2. The normalized spacial score (nSPS) is 25.9. The lowest BCUT2D eigenvalue weighted by atomic mass is 9.80. The van der Waals surface area contributed by atoms with Gasteiger partial charge < -0.3 is 10.2 Å². The van der Waals surface area contributed by atoms with Gasteiger partial charge in [0.2, 0.25) is 0 Å². The lowest BCUT2D eigenvalue weighted by molar-refractivity contribution is 0.104. The summed E-state index contributed by atoms with van der Waals surface area (Å²) in [5.74, 6) is 0.221. The molecule has 2 atom stereocenters. The first kappa shape index (κ1) is 9.69. The van der Waals surface area contributed by atoms with Gasteiger partial charge in [-0.1, -0.05) is 18.2 Å². The Hall–Kier alpha value is -0.860. The number of aryl methyl sites for hydroxylation is 1. The molecule has 2 N–H and O–H groups in total. The third kappa shape index (κ3) is 1.56. The second kappa shape index (κ2) is 3.71. The van der Waals surface area contributed by atoms with Crippen molar-refractivity contribution in [3.05, 3.63) is 34.9 Å². The molecule has 14 heavy (non-hydrogen) atoms. The van der Waals surface area contributed by atoms with E-state index in [9.17, 15) is 5.11 Å². The van der Waals surface area contributed by atoms with E-state index in [1.807, 2.05) is 12.1 Å². The zero-order chi connectivity index (χ0) is 10.1. The molecular formula is C12H16O2. The van der Waals surface area contributed by atoms with Crippen LogP contribution < -0.4 is 0 Å². The lowest BCUT2D eigenvalue weighted by Crippen LogP contribution is -2.21. The van der Waals surface area contributed by atoms with Crippen LogP contribution in [0.15, 0.2) is 18.2 Å². The molecule has 0 bridgehead atoms. The van der Waals surface area contributed by atoms with Gasteiger partial charge in [0, 0.05) is 6.61 Å². The molecule has 1 aliphatic rings. The van der Waals surface area contributed by atoms with Crippen LogP contribution in [0.4, 0.5) is 0 Å². The summed E-state index contributed by atoms with van der Waals surface area (Å²) in [6, 6.07) is 6.03. The molecule has 0 fully saturated rings. The second-order valence-electron chi connectivity index (χ2n) is 4.15. The van der Waals surface area contributed by atoms with Crippen molar-refractivity contribution in [2.24, 2.45) is 5.92 Å². The minimum absolute atomic E-state index is 0.171. The van der Waals surface area contributed by atoms with Crippen LogP contribution >= 0.6 is 0 Å². The number of benzene rings is 1. The molecule has 0 saturated carbocycles. The minimum Gasteiger partial charge on any atom is -0.396 e. The van der Waals surface area contributed by atoms with Crippen LogP contribution in [0.1, 0.15) is 29.2 Å². The first-order valence-electron chi connectivity index (χ1n) is 5.09. The van der Waals surface area contributed by atoms with Crippen molar-refractivity contribution in [2.45, 2.75) is 25.9 Å². The second-order valence-corrected chi connectivity index (χ2v) is 4.15. The van der Waals surface area contributed by atoms with E-state index >= 15 is 0 Å². The molecule has 0 heterocycles. The highest BCUT2D eigenvalue weighted by Gasteiger charge is 2.25. The highest BCUT2D eigenvalue weighted by atomic mass is 16.3. The molecular weight excluding hydrogens is 176 g/mol. The summed E-state index contributed by atoms with van der Waals surface area (Å²) < 4.78 is 0. The highest BCUT2D eigenvalue weighted by Crippen LogP contribution is 2.34. The number of aliphatic hydroxyl groups excluding tert-OH is 2. The van der Waals surface area contributed by atoms with Gasteiger partial charge in [-0.2, -0.15) is 0 Å². The average Bonchev–Trinajstić information content (AvgIpc) is 2.19. The smallest absolute Gasteiger partial charge is 0.0796 e. The van der Waals surface area contributed by atoms with E-state index in [0.717, 1.165) is 12.0 Å². The molecule has 2 heteroatoms. The summed E-state index contributed by atoms with van der Waals surface area (Å²) in [6.45, 7) is 2.23. The third-order valence-corrected chi connectivity index (χ3v) is 3.11. The zero-order valence-electron chi connectivity index (χ0n) is 8.40. The number of rotatable bonds is 1. The Labute approximate surface area is 84.2 Å². The molecule has 0 aromatic heterocycles. The monoisotopic (exact) mass is 192 g/mol. The maximum absolute atomic E-state index is 9.88. The van der Waals surface area contributed by atoms with Gasteiger partial charge in [-0.3, -0.25) is 0 Å². The van der Waals surface area contributed by atoms with Gasteiger partial charge in [-0.05, 0) is 42.4 Å². The van der Waals surface area contributed by atoms with E-state index in [0.29, 0.717) is 6.42 Å². The lowest BCUT2D eigenvalue weighted by Gasteiger charge is -2.28. The largest absolute Gasteiger partial charge is 0.396 e. The predicted molar refractivity (Wildman–Crippen MR) is 55.0 cm³/mol. The molecule has 2 nitrogen and oxygen atoms in total. The van der Waals surface area contributed by atoms with Gasteiger partial charge in [0.15, 0.2) is 0 Å². The standard InChI is InChI=1S/C12H16O2/c1-8-3-2-4-10-11(8)5-9(7-13)6-12(10)14/h2-4,9,12-14H,5-7H2,1H3/t9-,12-/m0/s1. The Balaban J connectivity index is 2.40. The van der Waals surface area contributed by atoms with Crippen LogP contribution in [-0.4, -0.2) is 16.8 Å². The summed E-state index contributed by atoms with van der Waals surface area (Å²) in [6.07, 6.45) is 1.19. The van der Waals surface area contributed by atoms with Crippen molar-refractivity contribution in [1.29, 1.82) is 0 Å². The van der Waals surface area contributed by atoms with Crippen molar-refractivity contribution in [3.8, 4) is 0 Å². The van der Waals surface area contributed by atoms with Crippen molar-refractivity contribution >= 4 is 0 Å². The Morgan fingerprint density at radius 1 is 1.43 bits per heavy atom. The molecule has 0 unspecified atom stereocenters. The minimum atomic E-state index is -0.393. The molecule has 2 rings (SSSR count). The summed E-state index contributed by atoms with van der Waals surface area (Å²) >= 11 is 0. The van der Waals surface area contributed by atoms with Gasteiger partial charge in [0.05, 0.1) is 6.10 Å². The molecule has 1 aromatic carbocycles. The molecule has 0 radical (unpaired) electrons. The van der Waals surface area contributed by atoms with Crippen molar-refractivity contribution < 1.29 is 10.2 Å². The van der Waals surface area contributed by atoms with Crippen molar-refractivity contribution in [2.75, 3.05) is 6.61 Å². The summed E-state index contributed by atoms with van der Waals surface area (Å²) in [7, 11) is 0. The van der Waals surface area contributed by atoms with E-state index in [1.165, 1.54) is 11.1 Å². The fourth-order valence-electron chi connectivity index (χ4n) is 2.27. The van der Waals surface area contributed by atoms with Gasteiger partial charge in [-0.25, -0.2) is 0 Å². The number of hydrogen-bond donors (Lipinski definition) is 2. The van der Waals surface area contributed by atoms with E-state index in [1.54, 1.807) is 0 Å². The van der Waals surface area contributed by atoms with Gasteiger partial charge in [-0.15, -0.1) is 0 Å². The Morgan fingerprint density at radius 2 is 2.21 bits per heavy atom. The molecule has 0 saturated heterocycles. The average molecular weight is 192 g/mol. The van der Waals surface area contributed by atoms with E-state index in [4.69, 9.17) is 5.11 Å². The van der Waals surface area contributed by atoms with E-state index in [-0.39, 0.29) is 12.5 Å². The Kier molecular flexibility index (Phi) is 2.57. The quantitative estimate of drug-likeness (QED) is 0.709. The first-order valence-corrected chi connectivity index (χ1v) is 5.09. The van der Waals surface area contributed by atoms with E-state index in [2.05, 4.69) is 13.0 Å². The highest BCUT2D eigenvalue weighted by molar-refractivity contribution is 5.37. The maximum Gasteiger partial charge on any atom is 0.0796 e. The topological polar surface area (TPSA) is 40.5 Å². The van der Waals surface area contributed by atoms with Gasteiger partial charge in [0.25, 0.3) is 0 Å². The number of hydrogen-bond acceptors (Lipinski definition) is 2. The third-order valence-electron chi connectivity index (χ3n) is 3.11. The van der Waals surface area contributed by atoms with Gasteiger partial charge >= 0.3 is 0 Å². The van der Waals surface area contributed by atoms with Crippen molar-refractivity contribution in [3.63, 3.8) is 0 Å². The van der Waals surface area contributed by atoms with Crippen LogP contribution in [0.25, 0.3) is 0 Å². The molecule has 76 valence electrons. The fourth-order valence-corrected chi connectivity index (χ4v) is 2.27. The fraction of sp³-hybridized carbons (Fsp3) is 0.500. The SMILES string of the molecule is Cc1cccc2c1C[C@H](CO)C[C@@H]2O. The summed E-state index contributed by atoms with van der Waals surface area (Å²) in [5.41, 5.74) is 3.50. The van der Waals surface area contributed by atoms with Crippen LogP contribution in [0, 0.1) is 12.8 Å². The van der Waals surface area contributed by atoms with E-state index < -0.39 is 6.10 Å². The molecule has 0 aliphatic heterocycles. The Morgan fingerprint density at radius 3 is 2.93 bits per heavy atom. The molecule has 0 amide bonds. The van der Waals surface area contributed by atoms with Gasteiger partial charge in [0.1, 0.15) is 0 Å².